The van der Waals surface area contributed by atoms with Crippen LogP contribution in [0.5, 0.6) is 5.75 Å². The highest BCUT2D eigenvalue weighted by molar-refractivity contribution is 7.91. The fourth-order valence-electron chi connectivity index (χ4n) is 2.34. The van der Waals surface area contributed by atoms with Crippen molar-refractivity contribution in [2.75, 3.05) is 0 Å². The molecule has 25 heavy (non-hydrogen) atoms. The molecule has 3 aromatic rings. The minimum atomic E-state index is -4.57. The molecule has 0 fully saturated rings. The first-order chi connectivity index (χ1) is 11.6. The van der Waals surface area contributed by atoms with Gasteiger partial charge in [0.1, 0.15) is 5.52 Å². The Hall–Kier alpha value is -2.32. The van der Waals surface area contributed by atoms with E-state index < -0.39 is 21.6 Å². The highest BCUT2D eigenvalue weighted by Crippen LogP contribution is 2.38. The van der Waals surface area contributed by atoms with Gasteiger partial charge in [-0.05, 0) is 42.5 Å². The molecule has 0 saturated carbocycles. The zero-order valence-corrected chi connectivity index (χ0v) is 13.8. The summed E-state index contributed by atoms with van der Waals surface area (Å²) in [7, 11) is -4.17. The number of alkyl halides is 3. The van der Waals surface area contributed by atoms with E-state index in [-0.39, 0.29) is 31.5 Å². The highest BCUT2D eigenvalue weighted by Gasteiger charge is 2.31. The van der Waals surface area contributed by atoms with Gasteiger partial charge in [0.05, 0.1) is 20.4 Å². The van der Waals surface area contributed by atoms with Gasteiger partial charge in [0.15, 0.2) is 5.75 Å². The molecule has 1 aromatic heterocycles. The van der Waals surface area contributed by atoms with Crippen molar-refractivity contribution < 1.29 is 26.7 Å². The summed E-state index contributed by atoms with van der Waals surface area (Å²) in [5.41, 5.74) is -0.970. The number of aromatic hydroxyl groups is 1. The number of nitrogens with zero attached hydrogens (tertiary/aromatic N) is 1. The van der Waals surface area contributed by atoms with E-state index in [1.165, 1.54) is 18.3 Å². The minimum Gasteiger partial charge on any atom is -0.504 e. The quantitative estimate of drug-likeness (QED) is 0.705. The molecule has 2 aromatic carbocycles. The molecule has 4 nitrogen and oxygen atoms in total. The Bertz CT molecular complexity index is 1060. The molecule has 0 saturated heterocycles. The Balaban J connectivity index is 2.22. The fraction of sp³-hybridized carbons (Fsp3) is 0.0625. The van der Waals surface area contributed by atoms with Crippen molar-refractivity contribution in [3.8, 4) is 5.75 Å². The van der Waals surface area contributed by atoms with Crippen molar-refractivity contribution in [3.63, 3.8) is 0 Å². The van der Waals surface area contributed by atoms with Gasteiger partial charge < -0.3 is 5.11 Å². The lowest BCUT2D eigenvalue weighted by Gasteiger charge is -2.11. The van der Waals surface area contributed by atoms with Crippen molar-refractivity contribution in [2.24, 2.45) is 0 Å². The van der Waals surface area contributed by atoms with Gasteiger partial charge >= 0.3 is 6.18 Å². The van der Waals surface area contributed by atoms with E-state index in [1.807, 2.05) is 0 Å². The van der Waals surface area contributed by atoms with Crippen LogP contribution in [-0.2, 0) is 16.0 Å². The van der Waals surface area contributed by atoms with E-state index in [1.54, 1.807) is 0 Å². The molecule has 0 aliphatic rings. The smallest absolute Gasteiger partial charge is 0.416 e. The Morgan fingerprint density at radius 3 is 2.32 bits per heavy atom. The standard InChI is InChI=1S/C16H9ClF3NO3S/c17-12-8-13(11-2-1-7-21-14(11)15(12)22)25(23,24)10-5-3-9(4-6-10)16(18,19)20/h1-8,22H. The molecule has 130 valence electrons. The average Bonchev–Trinajstić information content (AvgIpc) is 2.57. The molecule has 0 atom stereocenters. The van der Waals surface area contributed by atoms with E-state index in [4.69, 9.17) is 11.6 Å². The van der Waals surface area contributed by atoms with Gasteiger partial charge in [-0.25, -0.2) is 8.42 Å². The monoisotopic (exact) mass is 387 g/mol. The summed E-state index contributed by atoms with van der Waals surface area (Å²) in [4.78, 5) is 3.33. The van der Waals surface area contributed by atoms with E-state index >= 15 is 0 Å². The van der Waals surface area contributed by atoms with Crippen LogP contribution in [0.2, 0.25) is 5.02 Å². The van der Waals surface area contributed by atoms with Crippen LogP contribution in [0, 0.1) is 0 Å². The number of sulfone groups is 1. The normalized spacial score (nSPS) is 12.5. The molecular formula is C16H9ClF3NO3S. The van der Waals surface area contributed by atoms with Crippen molar-refractivity contribution >= 4 is 32.3 Å². The number of aromatic nitrogens is 1. The molecule has 0 aliphatic heterocycles. The summed E-state index contributed by atoms with van der Waals surface area (Å²) < 4.78 is 63.6. The lowest BCUT2D eigenvalue weighted by atomic mass is 10.2. The van der Waals surface area contributed by atoms with Crippen LogP contribution in [0.4, 0.5) is 13.2 Å². The molecule has 9 heteroatoms. The second-order valence-corrected chi connectivity index (χ2v) is 7.46. The van der Waals surface area contributed by atoms with Crippen LogP contribution in [0.25, 0.3) is 10.9 Å². The maximum absolute atomic E-state index is 12.8. The number of phenolic OH excluding ortho intramolecular Hbond substituents is 1. The third kappa shape index (κ3) is 3.03. The first-order valence-corrected chi connectivity index (χ1v) is 8.67. The predicted molar refractivity (Wildman–Crippen MR) is 85.3 cm³/mol. The summed E-state index contributed by atoms with van der Waals surface area (Å²) in [6, 6.07) is 7.08. The number of hydrogen-bond acceptors (Lipinski definition) is 4. The fourth-order valence-corrected chi connectivity index (χ4v) is 4.08. The highest BCUT2D eigenvalue weighted by atomic mass is 35.5. The van der Waals surface area contributed by atoms with Gasteiger partial charge in [0.25, 0.3) is 0 Å². The van der Waals surface area contributed by atoms with Crippen LogP contribution in [0.1, 0.15) is 5.56 Å². The third-order valence-electron chi connectivity index (χ3n) is 3.56. The van der Waals surface area contributed by atoms with Gasteiger partial charge in [-0.2, -0.15) is 13.2 Å². The van der Waals surface area contributed by atoms with Crippen molar-refractivity contribution in [2.45, 2.75) is 16.0 Å². The second kappa shape index (κ2) is 5.89. The summed E-state index contributed by atoms with van der Waals surface area (Å²) in [5.74, 6) is -0.372. The zero-order chi connectivity index (χ0) is 18.4. The van der Waals surface area contributed by atoms with Crippen LogP contribution in [-0.4, -0.2) is 18.5 Å². The Labute approximate surface area is 145 Å². The minimum absolute atomic E-state index is 0.0134. The van der Waals surface area contributed by atoms with Gasteiger partial charge in [-0.3, -0.25) is 4.98 Å². The molecule has 0 spiro atoms. The van der Waals surface area contributed by atoms with Crippen LogP contribution < -0.4 is 0 Å². The molecule has 0 radical (unpaired) electrons. The second-order valence-electron chi connectivity index (χ2n) is 5.13. The average molecular weight is 388 g/mol. The summed E-state index contributed by atoms with van der Waals surface area (Å²) in [6.45, 7) is 0. The first kappa shape index (κ1) is 17.5. The van der Waals surface area contributed by atoms with E-state index in [9.17, 15) is 26.7 Å². The Kier molecular flexibility index (Phi) is 4.12. The molecule has 3 rings (SSSR count). The molecule has 0 bridgehead atoms. The van der Waals surface area contributed by atoms with E-state index in [0.717, 1.165) is 18.2 Å². The van der Waals surface area contributed by atoms with Gasteiger partial charge in [-0.1, -0.05) is 11.6 Å². The lowest BCUT2D eigenvalue weighted by molar-refractivity contribution is -0.137. The number of halogens is 4. The van der Waals surface area contributed by atoms with Crippen molar-refractivity contribution in [1.82, 2.24) is 4.98 Å². The topological polar surface area (TPSA) is 67.3 Å². The van der Waals surface area contributed by atoms with E-state index in [0.29, 0.717) is 12.1 Å². The number of rotatable bonds is 2. The number of benzene rings is 2. The van der Waals surface area contributed by atoms with Gasteiger partial charge in [-0.15, -0.1) is 0 Å². The summed E-state index contributed by atoms with van der Waals surface area (Å²) >= 11 is 5.87. The van der Waals surface area contributed by atoms with Gasteiger partial charge in [0.2, 0.25) is 9.84 Å². The van der Waals surface area contributed by atoms with Crippen LogP contribution in [0.3, 0.4) is 0 Å². The molecule has 1 heterocycles. The number of fused-ring (bicyclic) bond motifs is 1. The Morgan fingerprint density at radius 2 is 1.72 bits per heavy atom. The third-order valence-corrected chi connectivity index (χ3v) is 5.66. The SMILES string of the molecule is O=S(=O)(c1ccc(C(F)(F)F)cc1)c1cc(Cl)c(O)c2ncccc12. The summed E-state index contributed by atoms with van der Waals surface area (Å²) in [6.07, 6.45) is -3.21. The van der Waals surface area contributed by atoms with Crippen LogP contribution in [0.15, 0.2) is 58.5 Å². The van der Waals surface area contributed by atoms with Crippen molar-refractivity contribution in [3.05, 3.63) is 59.2 Å². The number of hydrogen-bond donors (Lipinski definition) is 1. The van der Waals surface area contributed by atoms with Gasteiger partial charge in [0, 0.05) is 11.6 Å². The Morgan fingerprint density at radius 1 is 1.08 bits per heavy atom. The lowest BCUT2D eigenvalue weighted by Crippen LogP contribution is -2.07. The molecule has 0 amide bonds. The van der Waals surface area contributed by atoms with E-state index in [2.05, 4.69) is 4.98 Å². The zero-order valence-electron chi connectivity index (χ0n) is 12.2. The maximum atomic E-state index is 12.8. The van der Waals surface area contributed by atoms with Crippen molar-refractivity contribution in [1.29, 1.82) is 0 Å². The maximum Gasteiger partial charge on any atom is 0.416 e. The molecule has 0 aliphatic carbocycles. The molecular weight excluding hydrogens is 379 g/mol. The molecule has 0 unspecified atom stereocenters. The number of pyridine rings is 1. The first-order valence-electron chi connectivity index (χ1n) is 6.81. The largest absolute Gasteiger partial charge is 0.504 e. The summed E-state index contributed by atoms with van der Waals surface area (Å²) in [5, 5.41) is 9.82. The molecule has 1 N–H and O–H groups in total. The number of phenols is 1. The van der Waals surface area contributed by atoms with Crippen LogP contribution >= 0.6 is 11.6 Å². The predicted octanol–water partition coefficient (Wildman–Crippen LogP) is 4.45.